The lowest BCUT2D eigenvalue weighted by Crippen LogP contribution is -2.23. The van der Waals surface area contributed by atoms with Gasteiger partial charge in [0.2, 0.25) is 11.2 Å². The van der Waals surface area contributed by atoms with Crippen LogP contribution in [-0.4, -0.2) is 7.05 Å². The van der Waals surface area contributed by atoms with Crippen LogP contribution in [0.3, 0.4) is 0 Å². The monoisotopic (exact) mass is 393 g/mol. The topological polar surface area (TPSA) is 29.5 Å². The summed E-state index contributed by atoms with van der Waals surface area (Å²) in [6.07, 6.45) is 0.922. The van der Waals surface area contributed by atoms with Gasteiger partial charge in [-0.05, 0) is 47.9 Å². The van der Waals surface area contributed by atoms with Gasteiger partial charge in [0.15, 0.2) is 0 Å². The van der Waals surface area contributed by atoms with Crippen molar-refractivity contribution in [3.05, 3.63) is 81.8 Å². The van der Waals surface area contributed by atoms with Crippen LogP contribution in [0, 0.1) is 0 Å². The summed E-state index contributed by atoms with van der Waals surface area (Å²) in [5.74, 6) is 0.238. The second-order valence-electron chi connectivity index (χ2n) is 6.49. The maximum atomic E-state index is 5.39. The molecule has 0 aliphatic carbocycles. The van der Waals surface area contributed by atoms with Gasteiger partial charge in [-0.25, -0.2) is 0 Å². The lowest BCUT2D eigenvalue weighted by molar-refractivity contribution is 0.0579. The summed E-state index contributed by atoms with van der Waals surface area (Å²) in [4.78, 5) is 2.24. The Morgan fingerprint density at radius 2 is 1.72 bits per heavy atom. The first kappa shape index (κ1) is 14.8. The molecule has 5 rings (SSSR count). The Hall–Kier alpha value is -2.46. The fourth-order valence-corrected chi connectivity index (χ4v) is 4.11. The lowest BCUT2D eigenvalue weighted by atomic mass is 9.80. The summed E-state index contributed by atoms with van der Waals surface area (Å²) in [5, 5.41) is 0. The smallest absolute Gasteiger partial charge is 0.231 e. The van der Waals surface area contributed by atoms with E-state index in [9.17, 15) is 0 Å². The average Bonchev–Trinajstić information content (AvgIpc) is 2.61. The predicted molar refractivity (Wildman–Crippen MR) is 103 cm³/mol. The molecule has 0 saturated heterocycles. The van der Waals surface area contributed by atoms with Crippen molar-refractivity contribution in [2.45, 2.75) is 12.3 Å². The largest absolute Gasteiger partial charge is 0.344 e. The first-order valence-electron chi connectivity index (χ1n) is 8.31. The zero-order valence-electron chi connectivity index (χ0n) is 13.7. The molecule has 0 radical (unpaired) electrons. The van der Waals surface area contributed by atoms with E-state index in [1.807, 2.05) is 6.07 Å². The predicted octanol–water partition coefficient (Wildman–Crippen LogP) is 6.24. The quantitative estimate of drug-likeness (QED) is 0.377. The van der Waals surface area contributed by atoms with Crippen molar-refractivity contribution in [3.8, 4) is 0 Å². The highest BCUT2D eigenvalue weighted by molar-refractivity contribution is 9.10. The number of benzene rings is 3. The van der Waals surface area contributed by atoms with Crippen LogP contribution in [0.1, 0.15) is 22.6 Å². The summed E-state index contributed by atoms with van der Waals surface area (Å²) in [6, 6.07) is 21.3. The number of nitrogens with zero attached hydrogens (tertiary/aromatic N) is 1. The van der Waals surface area contributed by atoms with Crippen LogP contribution in [0.15, 0.2) is 74.3 Å². The molecule has 0 fully saturated rings. The minimum atomic E-state index is 0.238. The zero-order chi connectivity index (χ0) is 17.0. The number of fused-ring (bicyclic) bond motifs is 4. The van der Waals surface area contributed by atoms with Gasteiger partial charge in [-0.2, -0.15) is 0 Å². The molecule has 1 atom stereocenters. The highest BCUT2D eigenvalue weighted by Gasteiger charge is 2.33. The SMILES string of the molecule is CN1c2ccccc2C(Cc2ccc(Br)cc2)c2c1ccc1ooc21. The Bertz CT molecular complexity index is 1060. The van der Waals surface area contributed by atoms with Gasteiger partial charge in [0.05, 0.1) is 0 Å². The molecule has 0 saturated carbocycles. The van der Waals surface area contributed by atoms with Crippen molar-refractivity contribution in [1.82, 2.24) is 0 Å². The third-order valence-corrected chi connectivity index (χ3v) is 5.62. The average molecular weight is 394 g/mol. The number of halogens is 1. The Morgan fingerprint density at radius 1 is 0.920 bits per heavy atom. The third-order valence-electron chi connectivity index (χ3n) is 5.09. The maximum absolute atomic E-state index is 5.39. The molecule has 0 amide bonds. The number of hydrogen-bond donors (Lipinski definition) is 0. The third kappa shape index (κ3) is 2.24. The number of para-hydroxylation sites is 1. The van der Waals surface area contributed by atoms with E-state index in [4.69, 9.17) is 9.15 Å². The van der Waals surface area contributed by atoms with Gasteiger partial charge in [-0.1, -0.05) is 46.3 Å². The van der Waals surface area contributed by atoms with Crippen molar-refractivity contribution in [2.75, 3.05) is 11.9 Å². The van der Waals surface area contributed by atoms with Crippen LogP contribution < -0.4 is 4.90 Å². The molecule has 25 heavy (non-hydrogen) atoms. The summed E-state index contributed by atoms with van der Waals surface area (Å²) >= 11 is 3.52. The number of rotatable bonds is 2. The summed E-state index contributed by atoms with van der Waals surface area (Å²) < 4.78 is 11.6. The van der Waals surface area contributed by atoms with Gasteiger partial charge in [-0.15, -0.1) is 0 Å². The molecule has 1 aromatic heterocycles. The van der Waals surface area contributed by atoms with Crippen molar-refractivity contribution in [2.24, 2.45) is 0 Å². The Balaban J connectivity index is 1.70. The lowest BCUT2D eigenvalue weighted by Gasteiger charge is -2.35. The van der Waals surface area contributed by atoms with Crippen molar-refractivity contribution >= 4 is 38.5 Å². The Labute approximate surface area is 153 Å². The summed E-state index contributed by atoms with van der Waals surface area (Å²) in [5.41, 5.74) is 7.97. The normalized spacial score (nSPS) is 16.1. The highest BCUT2D eigenvalue weighted by atomic mass is 79.9. The molecule has 0 bridgehead atoms. The van der Waals surface area contributed by atoms with Gasteiger partial charge in [-0.3, -0.25) is 9.15 Å². The van der Waals surface area contributed by atoms with Crippen molar-refractivity contribution < 1.29 is 9.15 Å². The highest BCUT2D eigenvalue weighted by Crippen LogP contribution is 2.49. The van der Waals surface area contributed by atoms with Crippen LogP contribution in [0.25, 0.3) is 11.2 Å². The Kier molecular flexibility index (Phi) is 3.28. The second kappa shape index (κ2) is 5.53. The fraction of sp³-hybridized carbons (Fsp3) is 0.143. The standard InChI is InChI=1S/C21H16BrNO2/c1-23-17-5-3-2-4-15(17)16(12-13-6-8-14(22)9-7-13)20-18(23)10-11-19-21(20)25-24-19/h2-11,16H,12H2,1H3. The number of hydrogen-bond acceptors (Lipinski definition) is 3. The molecule has 1 aliphatic rings. The maximum Gasteiger partial charge on any atom is 0.231 e. The molecule has 1 unspecified atom stereocenters. The van der Waals surface area contributed by atoms with E-state index in [2.05, 4.69) is 82.5 Å². The summed E-state index contributed by atoms with van der Waals surface area (Å²) in [7, 11) is 2.11. The second-order valence-corrected chi connectivity index (χ2v) is 7.41. The van der Waals surface area contributed by atoms with Crippen molar-refractivity contribution in [1.29, 1.82) is 0 Å². The minimum absolute atomic E-state index is 0.238. The molecule has 124 valence electrons. The Morgan fingerprint density at radius 3 is 2.48 bits per heavy atom. The molecule has 4 heteroatoms. The van der Waals surface area contributed by atoms with Gasteiger partial charge in [0.1, 0.15) is 0 Å². The van der Waals surface area contributed by atoms with Gasteiger partial charge in [0.25, 0.3) is 0 Å². The number of anilines is 2. The molecule has 3 aromatic carbocycles. The van der Waals surface area contributed by atoms with Crippen LogP contribution in [0.5, 0.6) is 0 Å². The van der Waals surface area contributed by atoms with Gasteiger partial charge >= 0.3 is 0 Å². The fourth-order valence-electron chi connectivity index (χ4n) is 3.84. The van der Waals surface area contributed by atoms with E-state index in [1.165, 1.54) is 28.1 Å². The molecule has 4 aromatic rings. The van der Waals surface area contributed by atoms with Gasteiger partial charge in [0, 0.05) is 34.4 Å². The minimum Gasteiger partial charge on any atom is -0.344 e. The molecule has 1 aliphatic heterocycles. The van der Waals surface area contributed by atoms with E-state index < -0.39 is 0 Å². The molecule has 0 spiro atoms. The first-order chi connectivity index (χ1) is 12.2. The summed E-state index contributed by atoms with van der Waals surface area (Å²) in [6.45, 7) is 0. The van der Waals surface area contributed by atoms with E-state index in [-0.39, 0.29) is 5.92 Å². The molecule has 2 heterocycles. The first-order valence-corrected chi connectivity index (χ1v) is 9.10. The zero-order valence-corrected chi connectivity index (χ0v) is 15.3. The molecular weight excluding hydrogens is 378 g/mol. The van der Waals surface area contributed by atoms with E-state index in [0.29, 0.717) is 0 Å². The van der Waals surface area contributed by atoms with E-state index >= 15 is 0 Å². The van der Waals surface area contributed by atoms with E-state index in [1.54, 1.807) is 0 Å². The van der Waals surface area contributed by atoms with Crippen LogP contribution in [0.4, 0.5) is 11.4 Å². The van der Waals surface area contributed by atoms with Crippen LogP contribution >= 0.6 is 15.9 Å². The molecular formula is C21H16BrNO2. The van der Waals surface area contributed by atoms with E-state index in [0.717, 1.165) is 22.1 Å². The van der Waals surface area contributed by atoms with Gasteiger partial charge < -0.3 is 4.90 Å². The molecule has 0 N–H and O–H groups in total. The van der Waals surface area contributed by atoms with Crippen LogP contribution in [-0.2, 0) is 6.42 Å². The van der Waals surface area contributed by atoms with Crippen molar-refractivity contribution in [3.63, 3.8) is 0 Å². The van der Waals surface area contributed by atoms with Crippen LogP contribution in [0.2, 0.25) is 0 Å². The molecule has 3 nitrogen and oxygen atoms in total.